The van der Waals surface area contributed by atoms with Crippen LogP contribution in [0.25, 0.3) is 0 Å². The Hall–Kier alpha value is -2.88. The van der Waals surface area contributed by atoms with Crippen LogP contribution in [0.4, 0.5) is 18.9 Å². The van der Waals surface area contributed by atoms with Crippen LogP contribution in [0.15, 0.2) is 47.1 Å². The molecule has 0 radical (unpaired) electrons. The van der Waals surface area contributed by atoms with Crippen molar-refractivity contribution in [3.63, 3.8) is 0 Å². The van der Waals surface area contributed by atoms with Gasteiger partial charge in [0.15, 0.2) is 0 Å². The highest BCUT2D eigenvalue weighted by Crippen LogP contribution is 2.24. The van der Waals surface area contributed by atoms with Crippen molar-refractivity contribution in [2.75, 3.05) is 20.1 Å². The normalized spacial score (nSPS) is 12.8. The Morgan fingerprint density at radius 2 is 2.00 bits per heavy atom. The van der Waals surface area contributed by atoms with Gasteiger partial charge in [-0.25, -0.2) is 0 Å². The van der Waals surface area contributed by atoms with E-state index in [0.29, 0.717) is 10.5 Å². The number of likely N-dealkylation sites (N-methyl/N-ethyl adjacent to an activating group) is 1. The van der Waals surface area contributed by atoms with Crippen LogP contribution in [-0.2, 0) is 11.3 Å². The van der Waals surface area contributed by atoms with E-state index in [1.54, 1.807) is 20.0 Å². The SMILES string of the molecule is C[C@@H](c1cccc([N+](=O)[O-])c1)N(C)CC(=O)N(Cc1ccco1)CC(F)(F)F. The molecule has 0 fully saturated rings. The second-order valence-electron chi connectivity index (χ2n) is 6.39. The number of rotatable bonds is 8. The van der Waals surface area contributed by atoms with Gasteiger partial charge in [0, 0.05) is 18.2 Å². The number of furan rings is 1. The van der Waals surface area contributed by atoms with Gasteiger partial charge in [-0.15, -0.1) is 0 Å². The van der Waals surface area contributed by atoms with Gasteiger partial charge in [-0.2, -0.15) is 13.2 Å². The molecule has 2 aromatic rings. The summed E-state index contributed by atoms with van der Waals surface area (Å²) >= 11 is 0. The van der Waals surface area contributed by atoms with Gasteiger partial charge < -0.3 is 9.32 Å². The zero-order chi connectivity index (χ0) is 20.9. The number of halogens is 3. The number of carbonyl (C=O) groups excluding carboxylic acids is 1. The van der Waals surface area contributed by atoms with Crippen LogP contribution in [-0.4, -0.2) is 46.9 Å². The van der Waals surface area contributed by atoms with Crippen molar-refractivity contribution in [1.29, 1.82) is 0 Å². The van der Waals surface area contributed by atoms with E-state index in [1.165, 1.54) is 41.5 Å². The molecule has 0 spiro atoms. The highest BCUT2D eigenvalue weighted by molar-refractivity contribution is 5.78. The Kier molecular flexibility index (Phi) is 6.79. The molecule has 28 heavy (non-hydrogen) atoms. The standard InChI is InChI=1S/C18H20F3N3O4/c1-13(14-5-3-6-15(9-14)24(26)27)22(2)11-17(25)23(12-18(19,20)21)10-16-7-4-8-28-16/h3-9,13H,10-12H2,1-2H3/t13-/m0/s1. The van der Waals surface area contributed by atoms with Gasteiger partial charge in [-0.05, 0) is 31.7 Å². The van der Waals surface area contributed by atoms with Crippen molar-refractivity contribution >= 4 is 11.6 Å². The Morgan fingerprint density at radius 3 is 2.57 bits per heavy atom. The molecule has 1 atom stereocenters. The highest BCUT2D eigenvalue weighted by Gasteiger charge is 2.34. The predicted molar refractivity (Wildman–Crippen MR) is 94.3 cm³/mol. The van der Waals surface area contributed by atoms with Gasteiger partial charge in [-0.3, -0.25) is 19.8 Å². The second-order valence-corrected chi connectivity index (χ2v) is 6.39. The van der Waals surface area contributed by atoms with Gasteiger partial charge in [0.05, 0.1) is 24.3 Å². The number of nitrogens with zero attached hydrogens (tertiary/aromatic N) is 3. The molecule has 0 bridgehead atoms. The molecular formula is C18H20F3N3O4. The summed E-state index contributed by atoms with van der Waals surface area (Å²) in [6.07, 6.45) is -3.23. The molecule has 0 aliphatic carbocycles. The third-order valence-corrected chi connectivity index (χ3v) is 4.26. The zero-order valence-corrected chi connectivity index (χ0v) is 15.3. The number of carbonyl (C=O) groups is 1. The third-order valence-electron chi connectivity index (χ3n) is 4.26. The van der Waals surface area contributed by atoms with Gasteiger partial charge in [-0.1, -0.05) is 12.1 Å². The molecular weight excluding hydrogens is 379 g/mol. The molecule has 7 nitrogen and oxygen atoms in total. The maximum atomic E-state index is 12.9. The quantitative estimate of drug-likeness (QED) is 0.499. The van der Waals surface area contributed by atoms with Crippen molar-refractivity contribution in [1.82, 2.24) is 9.80 Å². The molecule has 1 heterocycles. The van der Waals surface area contributed by atoms with Crippen LogP contribution in [0.1, 0.15) is 24.3 Å². The van der Waals surface area contributed by atoms with Crippen LogP contribution in [0.5, 0.6) is 0 Å². The van der Waals surface area contributed by atoms with E-state index in [0.717, 1.165) is 0 Å². The minimum atomic E-state index is -4.55. The average Bonchev–Trinajstić information content (AvgIpc) is 3.12. The minimum Gasteiger partial charge on any atom is -0.467 e. The molecule has 1 aromatic carbocycles. The van der Waals surface area contributed by atoms with Crippen molar-refractivity contribution < 1.29 is 27.3 Å². The lowest BCUT2D eigenvalue weighted by Gasteiger charge is -2.29. The van der Waals surface area contributed by atoms with Crippen molar-refractivity contribution in [3.8, 4) is 0 Å². The lowest BCUT2D eigenvalue weighted by Crippen LogP contribution is -2.43. The number of nitro groups is 1. The Balaban J connectivity index is 2.10. The first-order chi connectivity index (χ1) is 13.1. The number of hydrogen-bond donors (Lipinski definition) is 0. The lowest BCUT2D eigenvalue weighted by molar-refractivity contribution is -0.384. The Bertz CT molecular complexity index is 809. The molecule has 1 amide bonds. The first-order valence-electron chi connectivity index (χ1n) is 8.38. The summed E-state index contributed by atoms with van der Waals surface area (Å²) in [6.45, 7) is -0.274. The van der Waals surface area contributed by atoms with Crippen LogP contribution >= 0.6 is 0 Å². The fraction of sp³-hybridized carbons (Fsp3) is 0.389. The smallest absolute Gasteiger partial charge is 0.406 e. The summed E-state index contributed by atoms with van der Waals surface area (Å²) in [6, 6.07) is 8.51. The number of amides is 1. The largest absolute Gasteiger partial charge is 0.467 e. The van der Waals surface area contributed by atoms with Gasteiger partial charge in [0.1, 0.15) is 12.3 Å². The summed E-state index contributed by atoms with van der Waals surface area (Å²) in [7, 11) is 1.57. The van der Waals surface area contributed by atoms with Gasteiger partial charge in [0.25, 0.3) is 5.69 Å². The Morgan fingerprint density at radius 1 is 1.29 bits per heavy atom. The van der Waals surface area contributed by atoms with Crippen LogP contribution < -0.4 is 0 Å². The summed E-state index contributed by atoms with van der Waals surface area (Å²) in [5.41, 5.74) is 0.485. The Labute approximate surface area is 159 Å². The van der Waals surface area contributed by atoms with Crippen LogP contribution in [0.2, 0.25) is 0 Å². The van der Waals surface area contributed by atoms with Gasteiger partial charge in [0.2, 0.25) is 5.91 Å². The number of non-ortho nitro benzene ring substituents is 1. The van der Waals surface area contributed by atoms with E-state index in [4.69, 9.17) is 4.42 Å². The van der Waals surface area contributed by atoms with E-state index >= 15 is 0 Å². The maximum Gasteiger partial charge on any atom is 0.406 e. The number of benzene rings is 1. The fourth-order valence-electron chi connectivity index (χ4n) is 2.64. The molecule has 0 aliphatic rings. The summed E-state index contributed by atoms with van der Waals surface area (Å²) in [5, 5.41) is 10.9. The molecule has 0 saturated heterocycles. The van der Waals surface area contributed by atoms with Crippen molar-refractivity contribution in [2.24, 2.45) is 0 Å². The van der Waals surface area contributed by atoms with E-state index in [2.05, 4.69) is 0 Å². The van der Waals surface area contributed by atoms with Crippen LogP contribution in [0.3, 0.4) is 0 Å². The number of nitro benzene ring substituents is 1. The van der Waals surface area contributed by atoms with E-state index < -0.39 is 29.6 Å². The molecule has 0 unspecified atom stereocenters. The van der Waals surface area contributed by atoms with E-state index in [1.807, 2.05) is 0 Å². The fourth-order valence-corrected chi connectivity index (χ4v) is 2.64. The van der Waals surface area contributed by atoms with Crippen molar-refractivity contribution in [2.45, 2.75) is 25.7 Å². The molecule has 1 aromatic heterocycles. The van der Waals surface area contributed by atoms with Gasteiger partial charge >= 0.3 is 6.18 Å². The number of hydrogen-bond acceptors (Lipinski definition) is 5. The first-order valence-corrected chi connectivity index (χ1v) is 8.38. The topological polar surface area (TPSA) is 79.8 Å². The first kappa shape index (κ1) is 21.4. The average molecular weight is 399 g/mol. The summed E-state index contributed by atoms with van der Waals surface area (Å²) < 4.78 is 43.7. The van der Waals surface area contributed by atoms with E-state index in [-0.39, 0.29) is 24.5 Å². The molecule has 152 valence electrons. The zero-order valence-electron chi connectivity index (χ0n) is 15.3. The van der Waals surface area contributed by atoms with E-state index in [9.17, 15) is 28.1 Å². The lowest BCUT2D eigenvalue weighted by atomic mass is 10.1. The molecule has 10 heteroatoms. The second kappa shape index (κ2) is 8.87. The molecule has 0 saturated carbocycles. The number of alkyl halides is 3. The maximum absolute atomic E-state index is 12.9. The minimum absolute atomic E-state index is 0.0967. The third kappa shape index (κ3) is 6.08. The molecule has 0 aliphatic heterocycles. The summed E-state index contributed by atoms with van der Waals surface area (Å²) in [5.74, 6) is -0.486. The highest BCUT2D eigenvalue weighted by atomic mass is 19.4. The molecule has 0 N–H and O–H groups in total. The van der Waals surface area contributed by atoms with Crippen LogP contribution in [0, 0.1) is 10.1 Å². The summed E-state index contributed by atoms with van der Waals surface area (Å²) in [4.78, 5) is 25.1. The van der Waals surface area contributed by atoms with Crippen molar-refractivity contribution in [3.05, 3.63) is 64.1 Å². The molecule has 2 rings (SSSR count). The predicted octanol–water partition coefficient (Wildman–Crippen LogP) is 3.77. The monoisotopic (exact) mass is 399 g/mol.